The molecule has 1 amide bonds. The Balaban J connectivity index is 1.54. The Bertz CT molecular complexity index is 1230. The fourth-order valence-corrected chi connectivity index (χ4v) is 7.46. The number of aliphatic hydroxyl groups is 1. The molecule has 2 N–H and O–H groups in total. The Hall–Kier alpha value is -2.48. The summed E-state index contributed by atoms with van der Waals surface area (Å²) >= 11 is 8.19. The quantitative estimate of drug-likeness (QED) is 0.305. The normalized spacial score (nSPS) is 31.3. The molecule has 6 unspecified atom stereocenters. The van der Waals surface area contributed by atoms with Gasteiger partial charge in [-0.2, -0.15) is 0 Å². The number of carbonyl (C=O) groups is 1. The summed E-state index contributed by atoms with van der Waals surface area (Å²) in [7, 11) is 1.64. The number of ether oxygens (including phenoxy) is 1. The van der Waals surface area contributed by atoms with Gasteiger partial charge in [-0.25, -0.2) is 9.79 Å². The van der Waals surface area contributed by atoms with Gasteiger partial charge in [0.1, 0.15) is 0 Å². The van der Waals surface area contributed by atoms with E-state index in [1.165, 1.54) is 9.81 Å². The van der Waals surface area contributed by atoms with Crippen molar-refractivity contribution < 1.29 is 19.7 Å². The molecule has 1 aromatic rings. The minimum Gasteiger partial charge on any atom is -0.481 e. The first kappa shape index (κ1) is 28.1. The van der Waals surface area contributed by atoms with Crippen molar-refractivity contribution >= 4 is 35.4 Å². The zero-order valence-electron chi connectivity index (χ0n) is 22.5. The van der Waals surface area contributed by atoms with E-state index in [0.29, 0.717) is 25.2 Å². The molecule has 0 aromatic heterocycles. The highest BCUT2D eigenvalue weighted by atomic mass is 35.5. The number of carboxylic acid groups (broad SMARTS) is 1. The molecule has 2 heterocycles. The van der Waals surface area contributed by atoms with Gasteiger partial charge in [-0.15, -0.1) is 23.4 Å². The second-order valence-corrected chi connectivity index (χ2v) is 12.5. The summed E-state index contributed by atoms with van der Waals surface area (Å²) < 4.78 is 5.87. The monoisotopic (exact) mass is 568 g/mol. The number of dihydropyridines is 1. The molecular weight excluding hydrogens is 532 g/mol. The number of thioether (sulfide) groups is 1. The molecule has 6 nitrogen and oxygen atoms in total. The van der Waals surface area contributed by atoms with Crippen molar-refractivity contribution in [1.29, 1.82) is 0 Å². The van der Waals surface area contributed by atoms with Crippen molar-refractivity contribution in [2.75, 3.05) is 19.9 Å². The second kappa shape index (κ2) is 11.9. The number of alkyl halides is 1. The number of likely N-dealkylation sites (tertiary alicyclic amines) is 1. The highest BCUT2D eigenvalue weighted by molar-refractivity contribution is 8.02. The Morgan fingerprint density at radius 2 is 2.05 bits per heavy atom. The predicted molar refractivity (Wildman–Crippen MR) is 158 cm³/mol. The zero-order chi connectivity index (χ0) is 27.6. The Kier molecular flexibility index (Phi) is 8.60. The number of benzene rings is 1. The third-order valence-electron chi connectivity index (χ3n) is 8.62. The summed E-state index contributed by atoms with van der Waals surface area (Å²) in [6.45, 7) is 0.273. The van der Waals surface area contributed by atoms with Crippen molar-refractivity contribution in [2.24, 2.45) is 22.7 Å². The summed E-state index contributed by atoms with van der Waals surface area (Å²) in [5, 5.41) is 22.6. The summed E-state index contributed by atoms with van der Waals surface area (Å²) in [6.07, 6.45) is 15.5. The van der Waals surface area contributed by atoms with Crippen LogP contribution in [0.5, 0.6) is 0 Å². The maximum atomic E-state index is 12.6. The van der Waals surface area contributed by atoms with Gasteiger partial charge in [0.05, 0.1) is 23.8 Å². The number of fused-ring (bicyclic) bond motifs is 1. The predicted octanol–water partition coefficient (Wildman–Crippen LogP) is 6.43. The zero-order valence-corrected chi connectivity index (χ0v) is 24.1. The van der Waals surface area contributed by atoms with Crippen molar-refractivity contribution in [3.8, 4) is 0 Å². The third kappa shape index (κ3) is 6.01. The van der Waals surface area contributed by atoms with E-state index in [4.69, 9.17) is 21.3 Å². The fraction of sp³-hybridized carbons (Fsp3) is 0.484. The van der Waals surface area contributed by atoms with E-state index < -0.39 is 11.7 Å². The van der Waals surface area contributed by atoms with Crippen LogP contribution in [0, 0.1) is 17.8 Å². The Morgan fingerprint density at radius 3 is 2.72 bits per heavy atom. The number of hydrogen-bond donors (Lipinski definition) is 2. The number of amides is 1. The molecule has 2 aliphatic carbocycles. The molecule has 6 atom stereocenters. The van der Waals surface area contributed by atoms with Crippen LogP contribution in [0.1, 0.15) is 37.7 Å². The van der Waals surface area contributed by atoms with E-state index in [1.54, 1.807) is 18.9 Å². The molecule has 0 spiro atoms. The van der Waals surface area contributed by atoms with Gasteiger partial charge in [0.25, 0.3) is 0 Å². The van der Waals surface area contributed by atoms with Crippen molar-refractivity contribution in [3.63, 3.8) is 0 Å². The summed E-state index contributed by atoms with van der Waals surface area (Å²) in [4.78, 5) is 20.0. The van der Waals surface area contributed by atoms with Crippen LogP contribution >= 0.6 is 23.4 Å². The number of aliphatic imine (C=N–C) groups is 1. The largest absolute Gasteiger partial charge is 0.481 e. The van der Waals surface area contributed by atoms with Crippen LogP contribution in [-0.4, -0.2) is 64.0 Å². The average molecular weight is 569 g/mol. The molecule has 208 valence electrons. The second-order valence-electron chi connectivity index (χ2n) is 11.0. The van der Waals surface area contributed by atoms with Gasteiger partial charge in [0.15, 0.2) is 0 Å². The molecule has 1 saturated heterocycles. The minimum absolute atomic E-state index is 0.0192. The average Bonchev–Trinajstić information content (AvgIpc) is 2.94. The minimum atomic E-state index is -1.14. The van der Waals surface area contributed by atoms with E-state index in [0.717, 1.165) is 36.1 Å². The van der Waals surface area contributed by atoms with Crippen molar-refractivity contribution in [1.82, 2.24) is 4.90 Å². The van der Waals surface area contributed by atoms with Gasteiger partial charge in [-0.3, -0.25) is 0 Å². The van der Waals surface area contributed by atoms with E-state index >= 15 is 0 Å². The molecule has 1 aromatic carbocycles. The van der Waals surface area contributed by atoms with E-state index in [1.807, 2.05) is 36.4 Å². The van der Waals surface area contributed by atoms with Gasteiger partial charge in [-0.1, -0.05) is 54.6 Å². The maximum Gasteiger partial charge on any atom is 0.407 e. The van der Waals surface area contributed by atoms with E-state index in [9.17, 15) is 15.0 Å². The van der Waals surface area contributed by atoms with Gasteiger partial charge >= 0.3 is 6.09 Å². The number of nitrogens with zero attached hydrogens (tertiary/aromatic N) is 2. The van der Waals surface area contributed by atoms with Gasteiger partial charge < -0.3 is 19.8 Å². The van der Waals surface area contributed by atoms with E-state index in [2.05, 4.69) is 30.6 Å². The smallest absolute Gasteiger partial charge is 0.407 e. The van der Waals surface area contributed by atoms with Gasteiger partial charge in [0, 0.05) is 30.0 Å². The fourth-order valence-electron chi connectivity index (χ4n) is 6.70. The van der Waals surface area contributed by atoms with Crippen LogP contribution < -0.4 is 0 Å². The number of halogens is 1. The van der Waals surface area contributed by atoms with Crippen LogP contribution in [0.2, 0.25) is 0 Å². The number of hydrogen-bond acceptors (Lipinski definition) is 5. The molecule has 8 heteroatoms. The first-order chi connectivity index (χ1) is 18.8. The van der Waals surface area contributed by atoms with Crippen molar-refractivity contribution in [3.05, 3.63) is 82.5 Å². The van der Waals surface area contributed by atoms with Crippen LogP contribution in [0.15, 0.2) is 81.9 Å². The lowest BCUT2D eigenvalue weighted by atomic mass is 9.64. The lowest BCUT2D eigenvalue weighted by molar-refractivity contribution is -0.0813. The lowest BCUT2D eigenvalue weighted by Gasteiger charge is -2.49. The maximum absolute atomic E-state index is 12.6. The van der Waals surface area contributed by atoms with Gasteiger partial charge in [-0.05, 0) is 67.2 Å². The molecule has 2 aliphatic heterocycles. The number of methoxy groups -OCH3 is 1. The number of piperidine rings is 1. The highest BCUT2D eigenvalue weighted by Crippen LogP contribution is 2.48. The molecule has 1 fully saturated rings. The molecule has 0 radical (unpaired) electrons. The highest BCUT2D eigenvalue weighted by Gasteiger charge is 2.50. The van der Waals surface area contributed by atoms with E-state index in [-0.39, 0.29) is 35.7 Å². The van der Waals surface area contributed by atoms with Crippen LogP contribution in [0.4, 0.5) is 4.79 Å². The third-order valence-corrected chi connectivity index (χ3v) is 9.81. The van der Waals surface area contributed by atoms with Crippen LogP contribution in [0.25, 0.3) is 0 Å². The summed E-state index contributed by atoms with van der Waals surface area (Å²) in [6, 6.07) is 9.58. The van der Waals surface area contributed by atoms with Crippen LogP contribution in [0.3, 0.4) is 0 Å². The summed E-state index contributed by atoms with van der Waals surface area (Å²) in [5.41, 5.74) is 1.82. The standard InChI is InChI=1S/C31H37ClN2O4S/c1-38-29-26(18-22-17-25(39-2)12-13-27(22)33-29)28(21-8-10-23(32)11-9-21)31(37)14-15-34(30(35)36)24(19-31)16-20-6-4-3-5-7-20/h3-8,10,12-13,18,21-24,28,37H,9,11,14-17,19H2,1-2H3,(H,35,36). The molecule has 0 saturated carbocycles. The Morgan fingerprint density at radius 1 is 1.26 bits per heavy atom. The van der Waals surface area contributed by atoms with Crippen LogP contribution in [-0.2, 0) is 11.2 Å². The van der Waals surface area contributed by atoms with Gasteiger partial charge in [0.2, 0.25) is 5.90 Å². The Labute approximate surface area is 240 Å². The number of allylic oxidation sites excluding steroid dienone is 6. The first-order valence-corrected chi connectivity index (χ1v) is 15.3. The molecule has 5 rings (SSSR count). The number of rotatable bonds is 6. The topological polar surface area (TPSA) is 82.4 Å². The van der Waals surface area contributed by atoms with Crippen molar-refractivity contribution in [2.45, 2.75) is 55.5 Å². The molecule has 39 heavy (non-hydrogen) atoms. The molecule has 0 bridgehead atoms. The summed E-state index contributed by atoms with van der Waals surface area (Å²) in [5.74, 6) is 0.398. The first-order valence-electron chi connectivity index (χ1n) is 13.7. The SMILES string of the molecule is COC1=NC2=CC=C(SC)CC2C=C1C(C1C=CC(Cl)CC1)C1(O)CCN(C(=O)O)C(Cc2ccccc2)C1. The molecule has 4 aliphatic rings. The molecular formula is C31H37ClN2O4S. The lowest BCUT2D eigenvalue weighted by Crippen LogP contribution is -2.58.